The van der Waals surface area contributed by atoms with Gasteiger partial charge in [0.2, 0.25) is 0 Å². The molecule has 84 valence electrons. The summed E-state index contributed by atoms with van der Waals surface area (Å²) in [7, 11) is 0. The van der Waals surface area contributed by atoms with Crippen LogP contribution in [0.15, 0.2) is 42.0 Å². The zero-order valence-electron chi connectivity index (χ0n) is 10.5. The normalized spacial score (nSPS) is 16.0. The lowest BCUT2D eigenvalue weighted by molar-refractivity contribution is 0.866. The van der Waals surface area contributed by atoms with Gasteiger partial charge in [0.15, 0.2) is 0 Å². The van der Waals surface area contributed by atoms with Gasteiger partial charge in [0, 0.05) is 0 Å². The second kappa shape index (κ2) is 4.69. The highest BCUT2D eigenvalue weighted by molar-refractivity contribution is 5.71. The maximum absolute atomic E-state index is 2.27. The molecular formula is C16H20. The van der Waals surface area contributed by atoms with Crippen molar-refractivity contribution in [3.8, 4) is 0 Å². The lowest BCUT2D eigenvalue weighted by Crippen LogP contribution is -1.93. The summed E-state index contributed by atoms with van der Waals surface area (Å²) in [5.74, 6) is 0.621. The van der Waals surface area contributed by atoms with Crippen LogP contribution in [0.5, 0.6) is 0 Å². The zero-order chi connectivity index (χ0) is 11.5. The first kappa shape index (κ1) is 11.2. The molecule has 0 fully saturated rings. The van der Waals surface area contributed by atoms with Crippen LogP contribution in [0.3, 0.4) is 0 Å². The molecule has 0 spiro atoms. The molecule has 0 N–H and O–H groups in total. The highest BCUT2D eigenvalue weighted by atomic mass is 14.1. The molecular weight excluding hydrogens is 192 g/mol. The third kappa shape index (κ3) is 2.27. The molecule has 0 saturated heterocycles. The maximum Gasteiger partial charge on any atom is -0.0219 e. The van der Waals surface area contributed by atoms with E-state index in [1.54, 1.807) is 0 Å². The van der Waals surface area contributed by atoms with Gasteiger partial charge in [-0.25, -0.2) is 0 Å². The van der Waals surface area contributed by atoms with Crippen LogP contribution in [0.25, 0.3) is 5.57 Å². The molecule has 1 aliphatic carbocycles. The first-order chi connectivity index (χ1) is 7.68. The summed E-state index contributed by atoms with van der Waals surface area (Å²) in [5.41, 5.74) is 5.75. The monoisotopic (exact) mass is 212 g/mol. The zero-order valence-corrected chi connectivity index (χ0v) is 10.5. The van der Waals surface area contributed by atoms with E-state index in [1.807, 2.05) is 0 Å². The van der Waals surface area contributed by atoms with Gasteiger partial charge in [0.25, 0.3) is 0 Å². The summed E-state index contributed by atoms with van der Waals surface area (Å²) >= 11 is 0. The Labute approximate surface area is 98.7 Å². The number of allylic oxidation sites excluding steroid dienone is 4. The van der Waals surface area contributed by atoms with E-state index in [4.69, 9.17) is 0 Å². The first-order valence-electron chi connectivity index (χ1n) is 6.15. The molecule has 0 heteroatoms. The van der Waals surface area contributed by atoms with Crippen molar-refractivity contribution in [2.45, 2.75) is 39.5 Å². The minimum atomic E-state index is 0.621. The van der Waals surface area contributed by atoms with Gasteiger partial charge in [-0.15, -0.1) is 0 Å². The fourth-order valence-corrected chi connectivity index (χ4v) is 2.23. The Morgan fingerprint density at radius 1 is 1.06 bits per heavy atom. The van der Waals surface area contributed by atoms with Gasteiger partial charge in [-0.05, 0) is 48.0 Å². The summed E-state index contributed by atoms with van der Waals surface area (Å²) < 4.78 is 0. The predicted octanol–water partition coefficient (Wildman–Crippen LogP) is 4.93. The Balaban J connectivity index is 2.31. The molecule has 0 aliphatic heterocycles. The second-order valence-corrected chi connectivity index (χ2v) is 4.88. The number of hydrogen-bond acceptors (Lipinski definition) is 0. The maximum atomic E-state index is 2.27. The van der Waals surface area contributed by atoms with E-state index in [-0.39, 0.29) is 0 Å². The summed E-state index contributed by atoms with van der Waals surface area (Å²) in [6, 6.07) is 9.07. The van der Waals surface area contributed by atoms with Crippen LogP contribution < -0.4 is 0 Å². The largest absolute Gasteiger partial charge is 0.0839 e. The first-order valence-corrected chi connectivity index (χ1v) is 6.15. The topological polar surface area (TPSA) is 0 Å². The number of rotatable bonds is 2. The van der Waals surface area contributed by atoms with Crippen LogP contribution in [0.1, 0.15) is 50.7 Å². The number of hydrogen-bond donors (Lipinski definition) is 0. The van der Waals surface area contributed by atoms with E-state index >= 15 is 0 Å². The van der Waals surface area contributed by atoms with Crippen LogP contribution >= 0.6 is 0 Å². The minimum absolute atomic E-state index is 0.621. The molecule has 16 heavy (non-hydrogen) atoms. The lowest BCUT2D eigenvalue weighted by Gasteiger charge is -2.14. The summed E-state index contributed by atoms with van der Waals surface area (Å²) in [6.45, 7) is 6.69. The van der Waals surface area contributed by atoms with Crippen LogP contribution in [-0.2, 0) is 0 Å². The third-order valence-corrected chi connectivity index (χ3v) is 3.33. The van der Waals surface area contributed by atoms with E-state index < -0.39 is 0 Å². The quantitative estimate of drug-likeness (QED) is 0.651. The van der Waals surface area contributed by atoms with Gasteiger partial charge >= 0.3 is 0 Å². The average Bonchev–Trinajstić information content (AvgIpc) is 2.30. The van der Waals surface area contributed by atoms with E-state index in [0.717, 1.165) is 0 Å². The van der Waals surface area contributed by atoms with Gasteiger partial charge in [0.1, 0.15) is 0 Å². The molecule has 0 nitrogen and oxygen atoms in total. The van der Waals surface area contributed by atoms with E-state index in [0.29, 0.717) is 5.92 Å². The molecule has 0 radical (unpaired) electrons. The Kier molecular flexibility index (Phi) is 3.28. The van der Waals surface area contributed by atoms with Gasteiger partial charge in [0.05, 0.1) is 0 Å². The van der Waals surface area contributed by atoms with Crippen molar-refractivity contribution < 1.29 is 0 Å². The van der Waals surface area contributed by atoms with Gasteiger partial charge in [-0.2, -0.15) is 0 Å². The SMILES string of the molecule is CC1=C(c2ccc(C(C)C)cc2)CCC=C1. The molecule has 1 aliphatic rings. The van der Waals surface area contributed by atoms with Gasteiger partial charge in [-0.3, -0.25) is 0 Å². The molecule has 0 saturated carbocycles. The average molecular weight is 212 g/mol. The Hall–Kier alpha value is -1.30. The van der Waals surface area contributed by atoms with Crippen molar-refractivity contribution in [2.24, 2.45) is 0 Å². The van der Waals surface area contributed by atoms with Gasteiger partial charge < -0.3 is 0 Å². The standard InChI is InChI=1S/C16H20/c1-12(2)14-8-10-15(11-9-14)16-7-5-4-6-13(16)3/h4,6,8-12H,5,7H2,1-3H3. The summed E-state index contributed by atoms with van der Waals surface area (Å²) in [6.07, 6.45) is 6.87. The summed E-state index contributed by atoms with van der Waals surface area (Å²) in [4.78, 5) is 0. The molecule has 0 atom stereocenters. The van der Waals surface area contributed by atoms with E-state index in [2.05, 4.69) is 57.2 Å². The van der Waals surface area contributed by atoms with Crippen LogP contribution in [0.4, 0.5) is 0 Å². The van der Waals surface area contributed by atoms with E-state index in [1.165, 1.54) is 35.1 Å². The molecule has 0 heterocycles. The molecule has 0 amide bonds. The minimum Gasteiger partial charge on any atom is -0.0839 e. The van der Waals surface area contributed by atoms with Crippen molar-refractivity contribution in [1.29, 1.82) is 0 Å². The molecule has 0 unspecified atom stereocenters. The molecule has 1 aromatic rings. The van der Waals surface area contributed by atoms with Crippen molar-refractivity contribution in [2.75, 3.05) is 0 Å². The van der Waals surface area contributed by atoms with Crippen molar-refractivity contribution in [1.82, 2.24) is 0 Å². The van der Waals surface area contributed by atoms with Crippen LogP contribution in [-0.4, -0.2) is 0 Å². The molecule has 0 aromatic heterocycles. The van der Waals surface area contributed by atoms with Crippen LogP contribution in [0, 0.1) is 0 Å². The number of benzene rings is 1. The van der Waals surface area contributed by atoms with Crippen molar-refractivity contribution in [3.05, 3.63) is 53.1 Å². The Bertz CT molecular complexity index is 416. The van der Waals surface area contributed by atoms with Crippen molar-refractivity contribution >= 4 is 5.57 Å². The second-order valence-electron chi connectivity index (χ2n) is 4.88. The van der Waals surface area contributed by atoms with Crippen LogP contribution in [0.2, 0.25) is 0 Å². The third-order valence-electron chi connectivity index (χ3n) is 3.33. The molecule has 1 aromatic carbocycles. The highest BCUT2D eigenvalue weighted by Gasteiger charge is 2.07. The summed E-state index contributed by atoms with van der Waals surface area (Å²) in [5, 5.41) is 0. The molecule has 0 bridgehead atoms. The Morgan fingerprint density at radius 3 is 2.31 bits per heavy atom. The predicted molar refractivity (Wildman–Crippen MR) is 71.5 cm³/mol. The van der Waals surface area contributed by atoms with E-state index in [9.17, 15) is 0 Å². The van der Waals surface area contributed by atoms with Crippen molar-refractivity contribution in [3.63, 3.8) is 0 Å². The molecule has 2 rings (SSSR count). The fraction of sp³-hybridized carbons (Fsp3) is 0.375. The smallest absolute Gasteiger partial charge is 0.0219 e. The fourth-order valence-electron chi connectivity index (χ4n) is 2.23. The lowest BCUT2D eigenvalue weighted by atomic mass is 9.91. The van der Waals surface area contributed by atoms with Gasteiger partial charge in [-0.1, -0.05) is 50.3 Å². The Morgan fingerprint density at radius 2 is 1.75 bits per heavy atom. The highest BCUT2D eigenvalue weighted by Crippen LogP contribution is 2.29.